The lowest BCUT2D eigenvalue weighted by molar-refractivity contribution is -0.139. The van der Waals surface area contributed by atoms with Crippen LogP contribution in [0.15, 0.2) is 83.3 Å². The van der Waals surface area contributed by atoms with Gasteiger partial charge in [0.2, 0.25) is 11.8 Å². The first-order valence-electron chi connectivity index (χ1n) is 12.1. The van der Waals surface area contributed by atoms with Gasteiger partial charge < -0.3 is 10.2 Å². The highest BCUT2D eigenvalue weighted by Gasteiger charge is 2.31. The summed E-state index contributed by atoms with van der Waals surface area (Å²) < 4.78 is 0.934. The van der Waals surface area contributed by atoms with E-state index in [1.165, 1.54) is 11.8 Å². The fraction of sp³-hybridized carbons (Fsp3) is 0.310. The third-order valence-electron chi connectivity index (χ3n) is 5.96. The van der Waals surface area contributed by atoms with E-state index in [2.05, 4.69) is 21.2 Å². The van der Waals surface area contributed by atoms with Gasteiger partial charge in [-0.2, -0.15) is 0 Å². The topological polar surface area (TPSA) is 49.4 Å². The zero-order valence-electron chi connectivity index (χ0n) is 20.6. The van der Waals surface area contributed by atoms with Crippen LogP contribution in [0.5, 0.6) is 0 Å². The van der Waals surface area contributed by atoms with Crippen LogP contribution >= 0.6 is 39.3 Å². The maximum Gasteiger partial charge on any atom is 0.243 e. The van der Waals surface area contributed by atoms with Gasteiger partial charge in [-0.1, -0.05) is 95.1 Å². The molecule has 4 nitrogen and oxygen atoms in total. The molecular formula is C29H32BrClN2O2S. The third kappa shape index (κ3) is 8.68. The quantitative estimate of drug-likeness (QED) is 0.251. The number of nitrogens with zero attached hydrogens (tertiary/aromatic N) is 1. The number of hydrogen-bond donors (Lipinski definition) is 1. The summed E-state index contributed by atoms with van der Waals surface area (Å²) in [4.78, 5) is 28.9. The van der Waals surface area contributed by atoms with Crippen LogP contribution in [-0.2, 0) is 28.3 Å². The van der Waals surface area contributed by atoms with Crippen LogP contribution in [-0.4, -0.2) is 34.6 Å². The SMILES string of the molecule is CC[C@H](C)NC(=O)[C@H](Cc1ccccc1)N(Cc1cccc(Br)c1)C(=O)CSCc1ccccc1Cl. The molecule has 3 rings (SSSR count). The number of carbonyl (C=O) groups excluding carboxylic acids is 2. The first kappa shape index (κ1) is 28.3. The Hall–Kier alpha value is -2.28. The van der Waals surface area contributed by atoms with Crippen molar-refractivity contribution in [3.63, 3.8) is 0 Å². The molecule has 0 saturated carbocycles. The molecule has 0 aromatic heterocycles. The van der Waals surface area contributed by atoms with Gasteiger partial charge in [0, 0.05) is 34.3 Å². The summed E-state index contributed by atoms with van der Waals surface area (Å²) in [6.07, 6.45) is 1.26. The number of carbonyl (C=O) groups is 2. The van der Waals surface area contributed by atoms with E-state index in [0.29, 0.717) is 23.7 Å². The molecule has 3 aromatic carbocycles. The van der Waals surface area contributed by atoms with Crippen molar-refractivity contribution in [1.29, 1.82) is 0 Å². The second kappa shape index (κ2) is 14.5. The molecule has 0 spiro atoms. The van der Waals surface area contributed by atoms with Gasteiger partial charge >= 0.3 is 0 Å². The Morgan fingerprint density at radius 2 is 1.69 bits per heavy atom. The summed E-state index contributed by atoms with van der Waals surface area (Å²) in [5.74, 6) is 0.666. The highest BCUT2D eigenvalue weighted by molar-refractivity contribution is 9.10. The first-order valence-corrected chi connectivity index (χ1v) is 14.4. The van der Waals surface area contributed by atoms with E-state index in [-0.39, 0.29) is 23.6 Å². The molecule has 0 saturated heterocycles. The Labute approximate surface area is 231 Å². The van der Waals surface area contributed by atoms with Crippen molar-refractivity contribution >= 4 is 51.1 Å². The zero-order chi connectivity index (χ0) is 25.9. The number of benzene rings is 3. The predicted octanol–water partition coefficient (Wildman–Crippen LogP) is 6.89. The predicted molar refractivity (Wildman–Crippen MR) is 154 cm³/mol. The molecule has 36 heavy (non-hydrogen) atoms. The van der Waals surface area contributed by atoms with E-state index >= 15 is 0 Å². The van der Waals surface area contributed by atoms with Crippen LogP contribution in [0.1, 0.15) is 37.0 Å². The molecule has 2 atom stereocenters. The standard InChI is InChI=1S/C29H32BrClN2O2S/c1-3-21(2)32-29(35)27(17-22-10-5-4-6-11-22)33(18-23-12-9-14-25(30)16-23)28(34)20-36-19-24-13-7-8-15-26(24)31/h4-16,21,27H,3,17-20H2,1-2H3,(H,32,35)/t21-,27-/m0/s1. The Morgan fingerprint density at radius 3 is 2.39 bits per heavy atom. The normalized spacial score (nSPS) is 12.6. The molecule has 0 aliphatic heterocycles. The summed E-state index contributed by atoms with van der Waals surface area (Å²) in [6, 6.07) is 24.8. The van der Waals surface area contributed by atoms with E-state index in [9.17, 15) is 9.59 Å². The molecule has 0 unspecified atom stereocenters. The van der Waals surface area contributed by atoms with Crippen molar-refractivity contribution < 1.29 is 9.59 Å². The van der Waals surface area contributed by atoms with Crippen LogP contribution in [0.2, 0.25) is 5.02 Å². The number of thioether (sulfide) groups is 1. The van der Waals surface area contributed by atoms with Crippen molar-refractivity contribution in [2.45, 2.75) is 51.1 Å². The van der Waals surface area contributed by atoms with Gasteiger partial charge in [-0.3, -0.25) is 9.59 Å². The number of hydrogen-bond acceptors (Lipinski definition) is 3. The van der Waals surface area contributed by atoms with E-state index in [4.69, 9.17) is 11.6 Å². The van der Waals surface area contributed by atoms with Crippen molar-refractivity contribution in [2.24, 2.45) is 0 Å². The fourth-order valence-electron chi connectivity index (χ4n) is 3.77. The zero-order valence-corrected chi connectivity index (χ0v) is 23.8. The minimum absolute atomic E-state index is 0.0215. The number of nitrogens with one attached hydrogen (secondary N) is 1. The number of halogens is 2. The number of rotatable bonds is 12. The van der Waals surface area contributed by atoms with E-state index < -0.39 is 6.04 Å². The van der Waals surface area contributed by atoms with E-state index in [1.54, 1.807) is 4.90 Å². The maximum absolute atomic E-state index is 13.7. The van der Waals surface area contributed by atoms with Crippen LogP contribution in [0.25, 0.3) is 0 Å². The van der Waals surface area contributed by atoms with Crippen molar-refractivity contribution in [1.82, 2.24) is 10.2 Å². The average molecular weight is 588 g/mol. The third-order valence-corrected chi connectivity index (χ3v) is 7.78. The van der Waals surface area contributed by atoms with E-state index in [1.807, 2.05) is 92.7 Å². The van der Waals surface area contributed by atoms with Crippen LogP contribution in [0.4, 0.5) is 0 Å². The van der Waals surface area contributed by atoms with Gasteiger partial charge in [-0.15, -0.1) is 11.8 Å². The molecule has 190 valence electrons. The van der Waals surface area contributed by atoms with Gasteiger partial charge in [0.05, 0.1) is 5.75 Å². The molecule has 0 fully saturated rings. The highest BCUT2D eigenvalue weighted by Crippen LogP contribution is 2.23. The molecule has 7 heteroatoms. The van der Waals surface area contributed by atoms with Crippen molar-refractivity contribution in [2.75, 3.05) is 5.75 Å². The summed E-state index contributed by atoms with van der Waals surface area (Å²) in [6.45, 7) is 4.36. The molecule has 0 heterocycles. The van der Waals surface area contributed by atoms with Gasteiger partial charge in [-0.25, -0.2) is 0 Å². The average Bonchev–Trinajstić information content (AvgIpc) is 2.87. The molecule has 1 N–H and O–H groups in total. The van der Waals surface area contributed by atoms with Crippen molar-refractivity contribution in [3.8, 4) is 0 Å². The summed E-state index contributed by atoms with van der Waals surface area (Å²) in [5, 5.41) is 3.80. The van der Waals surface area contributed by atoms with Gasteiger partial charge in [0.25, 0.3) is 0 Å². The van der Waals surface area contributed by atoms with Gasteiger partial charge in [0.15, 0.2) is 0 Å². The van der Waals surface area contributed by atoms with Gasteiger partial charge in [0.1, 0.15) is 6.04 Å². The Kier molecular flexibility index (Phi) is 11.4. The second-order valence-electron chi connectivity index (χ2n) is 8.76. The van der Waals surface area contributed by atoms with Crippen LogP contribution in [0, 0.1) is 0 Å². The van der Waals surface area contributed by atoms with Gasteiger partial charge in [-0.05, 0) is 48.2 Å². The molecule has 0 aliphatic rings. The molecule has 3 aromatic rings. The summed E-state index contributed by atoms with van der Waals surface area (Å²) in [7, 11) is 0. The highest BCUT2D eigenvalue weighted by atomic mass is 79.9. The molecule has 0 aliphatic carbocycles. The molecule has 0 bridgehead atoms. The number of amides is 2. The fourth-order valence-corrected chi connectivity index (χ4v) is 5.42. The van der Waals surface area contributed by atoms with Crippen LogP contribution < -0.4 is 5.32 Å². The Bertz CT molecular complexity index is 1140. The largest absolute Gasteiger partial charge is 0.352 e. The summed E-state index contributed by atoms with van der Waals surface area (Å²) in [5.41, 5.74) is 2.96. The van der Waals surface area contributed by atoms with Crippen LogP contribution in [0.3, 0.4) is 0 Å². The lowest BCUT2D eigenvalue weighted by atomic mass is 10.0. The minimum atomic E-state index is -0.631. The molecule has 2 amide bonds. The lowest BCUT2D eigenvalue weighted by Gasteiger charge is -2.32. The maximum atomic E-state index is 13.7. The Balaban J connectivity index is 1.86. The van der Waals surface area contributed by atoms with E-state index in [0.717, 1.165) is 27.6 Å². The minimum Gasteiger partial charge on any atom is -0.352 e. The Morgan fingerprint density at radius 1 is 1.00 bits per heavy atom. The second-order valence-corrected chi connectivity index (χ2v) is 11.1. The molecule has 0 radical (unpaired) electrons. The first-order chi connectivity index (χ1) is 17.4. The molecular weight excluding hydrogens is 556 g/mol. The lowest BCUT2D eigenvalue weighted by Crippen LogP contribution is -2.52. The monoisotopic (exact) mass is 586 g/mol. The summed E-state index contributed by atoms with van der Waals surface area (Å²) >= 11 is 11.3. The smallest absolute Gasteiger partial charge is 0.243 e. The van der Waals surface area contributed by atoms with Crippen molar-refractivity contribution in [3.05, 3.63) is 105 Å².